The van der Waals surface area contributed by atoms with Crippen molar-refractivity contribution >= 4 is 11.0 Å². The lowest BCUT2D eigenvalue weighted by Gasteiger charge is -2.12. The van der Waals surface area contributed by atoms with Crippen LogP contribution >= 0.6 is 0 Å². The van der Waals surface area contributed by atoms with Gasteiger partial charge in [0.1, 0.15) is 34.2 Å². The molecule has 0 bridgehead atoms. The number of methoxy groups -OCH3 is 2. The van der Waals surface area contributed by atoms with Crippen molar-refractivity contribution in [3.05, 3.63) is 52.7 Å². The summed E-state index contributed by atoms with van der Waals surface area (Å²) in [6, 6.07) is 11.1. The van der Waals surface area contributed by atoms with E-state index >= 15 is 0 Å². The van der Waals surface area contributed by atoms with E-state index in [1.807, 2.05) is 0 Å². The Morgan fingerprint density at radius 3 is 2.32 bits per heavy atom. The summed E-state index contributed by atoms with van der Waals surface area (Å²) < 4.78 is 16.4. The molecular formula is C17H14O5. The first-order valence-corrected chi connectivity index (χ1v) is 6.62. The largest absolute Gasteiger partial charge is 0.508 e. The van der Waals surface area contributed by atoms with Crippen molar-refractivity contribution < 1.29 is 19.0 Å². The van der Waals surface area contributed by atoms with Crippen molar-refractivity contribution in [2.75, 3.05) is 14.2 Å². The smallest absolute Gasteiger partial charge is 0.193 e. The molecule has 5 heteroatoms. The molecule has 22 heavy (non-hydrogen) atoms. The number of benzene rings is 2. The van der Waals surface area contributed by atoms with Crippen LogP contribution in [0.3, 0.4) is 0 Å². The molecule has 3 aromatic rings. The van der Waals surface area contributed by atoms with E-state index in [4.69, 9.17) is 13.9 Å². The fourth-order valence-electron chi connectivity index (χ4n) is 2.36. The number of aromatic hydroxyl groups is 1. The number of phenols is 1. The Hall–Kier alpha value is -2.95. The second kappa shape index (κ2) is 5.44. The van der Waals surface area contributed by atoms with Crippen LogP contribution in [0.15, 0.2) is 51.7 Å². The molecule has 0 amide bonds. The summed E-state index contributed by atoms with van der Waals surface area (Å²) in [5.74, 6) is 1.40. The summed E-state index contributed by atoms with van der Waals surface area (Å²) in [6.07, 6.45) is 0. The van der Waals surface area contributed by atoms with Gasteiger partial charge in [-0.1, -0.05) is 6.07 Å². The molecule has 1 N–H and O–H groups in total. The number of rotatable bonds is 3. The minimum Gasteiger partial charge on any atom is -0.508 e. The van der Waals surface area contributed by atoms with Gasteiger partial charge in [-0.2, -0.15) is 0 Å². The first kappa shape index (κ1) is 14.0. The Morgan fingerprint density at radius 2 is 1.68 bits per heavy atom. The summed E-state index contributed by atoms with van der Waals surface area (Å²) >= 11 is 0. The molecule has 0 radical (unpaired) electrons. The highest BCUT2D eigenvalue weighted by molar-refractivity contribution is 5.82. The number of fused-ring (bicyclic) bond motifs is 1. The van der Waals surface area contributed by atoms with Gasteiger partial charge in [0, 0.05) is 12.1 Å². The van der Waals surface area contributed by atoms with E-state index in [-0.39, 0.29) is 11.2 Å². The van der Waals surface area contributed by atoms with Crippen LogP contribution in [-0.4, -0.2) is 19.3 Å². The van der Waals surface area contributed by atoms with Crippen LogP contribution in [0, 0.1) is 0 Å². The van der Waals surface area contributed by atoms with Gasteiger partial charge >= 0.3 is 0 Å². The highest BCUT2D eigenvalue weighted by atomic mass is 16.5. The lowest BCUT2D eigenvalue weighted by Crippen LogP contribution is -2.01. The quantitative estimate of drug-likeness (QED) is 0.804. The highest BCUT2D eigenvalue weighted by Gasteiger charge is 2.16. The average molecular weight is 298 g/mol. The number of hydrogen-bond donors (Lipinski definition) is 1. The van der Waals surface area contributed by atoms with E-state index in [1.54, 1.807) is 18.2 Å². The summed E-state index contributed by atoms with van der Waals surface area (Å²) in [5, 5.41) is 9.97. The van der Waals surface area contributed by atoms with Crippen molar-refractivity contribution in [3.8, 4) is 28.6 Å². The van der Waals surface area contributed by atoms with Gasteiger partial charge < -0.3 is 19.0 Å². The molecule has 0 atom stereocenters. The summed E-state index contributed by atoms with van der Waals surface area (Å²) in [7, 11) is 3.06. The molecule has 112 valence electrons. The number of hydrogen-bond acceptors (Lipinski definition) is 5. The minimum absolute atomic E-state index is 0.0276. The zero-order valence-corrected chi connectivity index (χ0v) is 12.1. The van der Waals surface area contributed by atoms with Crippen molar-refractivity contribution in [1.82, 2.24) is 0 Å². The van der Waals surface area contributed by atoms with Crippen LogP contribution < -0.4 is 14.9 Å². The molecule has 5 nitrogen and oxygen atoms in total. The summed E-state index contributed by atoms with van der Waals surface area (Å²) in [4.78, 5) is 12.3. The average Bonchev–Trinajstić information content (AvgIpc) is 2.53. The van der Waals surface area contributed by atoms with Gasteiger partial charge in [-0.15, -0.1) is 0 Å². The van der Waals surface area contributed by atoms with Gasteiger partial charge in [-0.05, 0) is 24.3 Å². The molecule has 0 saturated heterocycles. The summed E-state index contributed by atoms with van der Waals surface area (Å²) in [6.45, 7) is 0. The van der Waals surface area contributed by atoms with E-state index in [9.17, 15) is 9.90 Å². The molecule has 2 aromatic carbocycles. The van der Waals surface area contributed by atoms with Gasteiger partial charge in [0.25, 0.3) is 0 Å². The van der Waals surface area contributed by atoms with Crippen molar-refractivity contribution in [2.45, 2.75) is 0 Å². The number of phenolic OH excluding ortho intramolecular Hbond substituents is 1. The van der Waals surface area contributed by atoms with Gasteiger partial charge in [-0.25, -0.2) is 0 Å². The maximum Gasteiger partial charge on any atom is 0.193 e. The van der Waals surface area contributed by atoms with Gasteiger partial charge in [0.2, 0.25) is 0 Å². The van der Waals surface area contributed by atoms with E-state index in [0.29, 0.717) is 33.8 Å². The van der Waals surface area contributed by atoms with E-state index in [0.717, 1.165) is 0 Å². The molecule has 0 spiro atoms. The van der Waals surface area contributed by atoms with Crippen LogP contribution in [0.2, 0.25) is 0 Å². The third-order valence-electron chi connectivity index (χ3n) is 3.39. The van der Waals surface area contributed by atoms with E-state index in [1.165, 1.54) is 38.5 Å². The predicted octanol–water partition coefficient (Wildman–Crippen LogP) is 3.18. The predicted molar refractivity (Wildman–Crippen MR) is 82.7 cm³/mol. The van der Waals surface area contributed by atoms with E-state index in [2.05, 4.69) is 0 Å². The Labute approximate surface area is 126 Å². The Kier molecular flexibility index (Phi) is 3.47. The first-order valence-electron chi connectivity index (χ1n) is 6.62. The molecule has 0 aliphatic carbocycles. The second-order valence-corrected chi connectivity index (χ2v) is 4.69. The second-order valence-electron chi connectivity index (χ2n) is 4.69. The van der Waals surface area contributed by atoms with Crippen LogP contribution in [-0.2, 0) is 0 Å². The SMILES string of the molecule is COc1cccc(OC)c1-c1cc(=O)c2ccc(O)cc2o1. The molecule has 0 aliphatic rings. The minimum atomic E-state index is -0.204. The van der Waals surface area contributed by atoms with Crippen LogP contribution in [0.1, 0.15) is 0 Å². The van der Waals surface area contributed by atoms with Gasteiger partial charge in [0.05, 0.1) is 19.6 Å². The number of ether oxygens (including phenoxy) is 2. The first-order chi connectivity index (χ1) is 10.6. The molecule has 1 aromatic heterocycles. The highest BCUT2D eigenvalue weighted by Crippen LogP contribution is 2.38. The third-order valence-corrected chi connectivity index (χ3v) is 3.39. The zero-order chi connectivity index (χ0) is 15.7. The van der Waals surface area contributed by atoms with Gasteiger partial charge in [-0.3, -0.25) is 4.79 Å². The zero-order valence-electron chi connectivity index (χ0n) is 12.1. The fraction of sp³-hybridized carbons (Fsp3) is 0.118. The normalized spacial score (nSPS) is 10.6. The summed E-state index contributed by atoms with van der Waals surface area (Å²) in [5.41, 5.74) is 0.648. The molecule has 1 heterocycles. The standard InChI is InChI=1S/C17H14O5/c1-20-13-4-3-5-14(21-2)17(13)16-9-12(19)11-7-6-10(18)8-15(11)22-16/h3-9,18H,1-2H3. The third kappa shape index (κ3) is 2.26. The topological polar surface area (TPSA) is 68.9 Å². The van der Waals surface area contributed by atoms with Crippen molar-refractivity contribution in [2.24, 2.45) is 0 Å². The van der Waals surface area contributed by atoms with Crippen LogP contribution in [0.5, 0.6) is 17.2 Å². The van der Waals surface area contributed by atoms with Gasteiger partial charge in [0.15, 0.2) is 5.43 Å². The molecule has 3 rings (SSSR count). The maximum absolute atomic E-state index is 12.3. The fourth-order valence-corrected chi connectivity index (χ4v) is 2.36. The maximum atomic E-state index is 12.3. The molecule has 0 aliphatic heterocycles. The van der Waals surface area contributed by atoms with Crippen LogP contribution in [0.4, 0.5) is 0 Å². The Bertz CT molecular complexity index is 873. The van der Waals surface area contributed by atoms with Crippen molar-refractivity contribution in [1.29, 1.82) is 0 Å². The lowest BCUT2D eigenvalue weighted by atomic mass is 10.1. The molecule has 0 unspecified atom stereocenters. The monoisotopic (exact) mass is 298 g/mol. The molecule has 0 fully saturated rings. The Balaban J connectivity index is 2.34. The van der Waals surface area contributed by atoms with Crippen molar-refractivity contribution in [3.63, 3.8) is 0 Å². The van der Waals surface area contributed by atoms with Crippen LogP contribution in [0.25, 0.3) is 22.3 Å². The Morgan fingerprint density at radius 1 is 1.00 bits per heavy atom. The lowest BCUT2D eigenvalue weighted by molar-refractivity contribution is 0.395. The molecule has 0 saturated carbocycles. The van der Waals surface area contributed by atoms with E-state index < -0.39 is 0 Å². The molecular weight excluding hydrogens is 284 g/mol.